The standard InChI is InChI=1S/C15H18OS/c16-13-5-2-6-14(10-13)17-15-8-7-11-3-1-4-12(11)9-15/h7-9,14H,1-6,10H2. The molecule has 2 aliphatic carbocycles. The molecule has 0 amide bonds. The van der Waals surface area contributed by atoms with Gasteiger partial charge in [0, 0.05) is 23.0 Å². The van der Waals surface area contributed by atoms with Gasteiger partial charge in [-0.15, -0.1) is 11.8 Å². The number of ketones is 1. The third-order valence-corrected chi connectivity index (χ3v) is 5.07. The van der Waals surface area contributed by atoms with Crippen LogP contribution >= 0.6 is 11.8 Å². The minimum atomic E-state index is 0.454. The fraction of sp³-hybridized carbons (Fsp3) is 0.533. The molecule has 0 radical (unpaired) electrons. The van der Waals surface area contributed by atoms with Crippen LogP contribution in [0.15, 0.2) is 23.1 Å². The number of fused-ring (bicyclic) bond motifs is 1. The Morgan fingerprint density at radius 3 is 2.82 bits per heavy atom. The van der Waals surface area contributed by atoms with Crippen molar-refractivity contribution in [2.75, 3.05) is 0 Å². The summed E-state index contributed by atoms with van der Waals surface area (Å²) >= 11 is 1.91. The summed E-state index contributed by atoms with van der Waals surface area (Å²) in [4.78, 5) is 12.8. The normalized spacial score (nSPS) is 23.8. The highest BCUT2D eigenvalue weighted by molar-refractivity contribution is 8.00. The van der Waals surface area contributed by atoms with Gasteiger partial charge in [0.15, 0.2) is 0 Å². The summed E-state index contributed by atoms with van der Waals surface area (Å²) in [5.74, 6) is 0.454. The summed E-state index contributed by atoms with van der Waals surface area (Å²) < 4.78 is 0. The molecule has 1 atom stereocenters. The second-order valence-electron chi connectivity index (χ2n) is 5.16. The van der Waals surface area contributed by atoms with Gasteiger partial charge in [0.05, 0.1) is 0 Å². The van der Waals surface area contributed by atoms with Gasteiger partial charge in [-0.05, 0) is 55.4 Å². The Kier molecular flexibility index (Phi) is 3.24. The van der Waals surface area contributed by atoms with E-state index < -0.39 is 0 Å². The molecule has 90 valence electrons. The number of aryl methyl sites for hydroxylation is 2. The molecule has 0 N–H and O–H groups in total. The van der Waals surface area contributed by atoms with Crippen molar-refractivity contribution in [2.45, 2.75) is 55.1 Å². The van der Waals surface area contributed by atoms with Crippen LogP contribution in [0.5, 0.6) is 0 Å². The number of carbonyl (C=O) groups is 1. The number of benzene rings is 1. The Labute approximate surface area is 107 Å². The van der Waals surface area contributed by atoms with Crippen LogP contribution in [-0.4, -0.2) is 11.0 Å². The van der Waals surface area contributed by atoms with Gasteiger partial charge in [-0.25, -0.2) is 0 Å². The Morgan fingerprint density at radius 1 is 1.06 bits per heavy atom. The summed E-state index contributed by atoms with van der Waals surface area (Å²) in [5, 5.41) is 0.524. The van der Waals surface area contributed by atoms with Crippen LogP contribution in [0.3, 0.4) is 0 Å². The van der Waals surface area contributed by atoms with Crippen molar-refractivity contribution in [2.24, 2.45) is 0 Å². The summed E-state index contributed by atoms with van der Waals surface area (Å²) in [6.07, 6.45) is 7.68. The zero-order valence-corrected chi connectivity index (χ0v) is 10.9. The van der Waals surface area contributed by atoms with Crippen molar-refractivity contribution in [3.8, 4) is 0 Å². The van der Waals surface area contributed by atoms with E-state index in [0.29, 0.717) is 11.0 Å². The van der Waals surface area contributed by atoms with Gasteiger partial charge in [0.2, 0.25) is 0 Å². The Bertz CT molecular complexity index is 439. The third-order valence-electron chi connectivity index (χ3n) is 3.81. The van der Waals surface area contributed by atoms with Gasteiger partial charge in [0.25, 0.3) is 0 Å². The van der Waals surface area contributed by atoms with Gasteiger partial charge in [-0.1, -0.05) is 6.07 Å². The molecule has 1 aromatic rings. The van der Waals surface area contributed by atoms with Gasteiger partial charge < -0.3 is 0 Å². The summed E-state index contributed by atoms with van der Waals surface area (Å²) in [5.41, 5.74) is 3.08. The van der Waals surface area contributed by atoms with Crippen LogP contribution in [0.25, 0.3) is 0 Å². The van der Waals surface area contributed by atoms with E-state index in [4.69, 9.17) is 0 Å². The van der Waals surface area contributed by atoms with E-state index in [1.807, 2.05) is 11.8 Å². The fourth-order valence-electron chi connectivity index (χ4n) is 2.90. The predicted octanol–water partition coefficient (Wildman–Crippen LogP) is 3.78. The first-order valence-corrected chi connectivity index (χ1v) is 7.49. The molecule has 2 aliphatic rings. The molecule has 0 aliphatic heterocycles. The second-order valence-corrected chi connectivity index (χ2v) is 6.53. The summed E-state index contributed by atoms with van der Waals surface area (Å²) in [7, 11) is 0. The monoisotopic (exact) mass is 246 g/mol. The van der Waals surface area contributed by atoms with Crippen LogP contribution < -0.4 is 0 Å². The Balaban J connectivity index is 1.70. The summed E-state index contributed by atoms with van der Waals surface area (Å²) in [6.45, 7) is 0. The first kappa shape index (κ1) is 11.3. The maximum Gasteiger partial charge on any atom is 0.134 e. The number of Topliss-reactive ketones (excluding diaryl/α,β-unsaturated/α-hetero) is 1. The number of hydrogen-bond donors (Lipinski definition) is 0. The molecule has 17 heavy (non-hydrogen) atoms. The number of hydrogen-bond acceptors (Lipinski definition) is 2. The van der Waals surface area contributed by atoms with E-state index in [2.05, 4.69) is 18.2 Å². The van der Waals surface area contributed by atoms with Crippen LogP contribution in [-0.2, 0) is 17.6 Å². The highest BCUT2D eigenvalue weighted by atomic mass is 32.2. The zero-order chi connectivity index (χ0) is 11.7. The SMILES string of the molecule is O=C1CCCC(Sc2ccc3c(c2)CCC3)C1. The molecule has 0 spiro atoms. The maximum atomic E-state index is 11.4. The minimum Gasteiger partial charge on any atom is -0.300 e. The zero-order valence-electron chi connectivity index (χ0n) is 10.1. The molecule has 1 unspecified atom stereocenters. The lowest BCUT2D eigenvalue weighted by Gasteiger charge is -2.20. The average molecular weight is 246 g/mol. The van der Waals surface area contributed by atoms with Gasteiger partial charge in [-0.2, -0.15) is 0 Å². The molecule has 1 aromatic carbocycles. The average Bonchev–Trinajstić information content (AvgIpc) is 2.76. The quantitative estimate of drug-likeness (QED) is 0.790. The lowest BCUT2D eigenvalue weighted by atomic mass is 9.99. The molecule has 3 rings (SSSR count). The highest BCUT2D eigenvalue weighted by Gasteiger charge is 2.21. The van der Waals surface area contributed by atoms with Gasteiger partial charge in [0.1, 0.15) is 5.78 Å². The molecule has 1 nitrogen and oxygen atoms in total. The van der Waals surface area contributed by atoms with E-state index in [0.717, 1.165) is 19.3 Å². The van der Waals surface area contributed by atoms with E-state index in [1.165, 1.54) is 41.7 Å². The van der Waals surface area contributed by atoms with Crippen molar-refractivity contribution in [3.63, 3.8) is 0 Å². The van der Waals surface area contributed by atoms with Crippen molar-refractivity contribution in [1.29, 1.82) is 0 Å². The molecule has 0 saturated heterocycles. The molecule has 0 aromatic heterocycles. The molecular formula is C15H18OS. The first-order valence-electron chi connectivity index (χ1n) is 6.61. The van der Waals surface area contributed by atoms with Gasteiger partial charge in [-0.3, -0.25) is 4.79 Å². The molecule has 1 fully saturated rings. The van der Waals surface area contributed by atoms with Crippen molar-refractivity contribution < 1.29 is 4.79 Å². The minimum absolute atomic E-state index is 0.454. The smallest absolute Gasteiger partial charge is 0.134 e. The first-order chi connectivity index (χ1) is 8.31. The van der Waals surface area contributed by atoms with Gasteiger partial charge >= 0.3 is 0 Å². The molecule has 2 heteroatoms. The largest absolute Gasteiger partial charge is 0.300 e. The van der Waals surface area contributed by atoms with Crippen LogP contribution in [0, 0.1) is 0 Å². The Morgan fingerprint density at radius 2 is 1.94 bits per heavy atom. The Hall–Kier alpha value is -0.760. The molecule has 0 bridgehead atoms. The summed E-state index contributed by atoms with van der Waals surface area (Å²) in [6, 6.07) is 6.88. The van der Waals surface area contributed by atoms with E-state index in [9.17, 15) is 4.79 Å². The third kappa shape index (κ3) is 2.57. The highest BCUT2D eigenvalue weighted by Crippen LogP contribution is 2.34. The lowest BCUT2D eigenvalue weighted by molar-refractivity contribution is -0.120. The fourth-order valence-corrected chi connectivity index (χ4v) is 4.20. The molecular weight excluding hydrogens is 228 g/mol. The number of rotatable bonds is 2. The predicted molar refractivity (Wildman–Crippen MR) is 71.6 cm³/mol. The van der Waals surface area contributed by atoms with Crippen LogP contribution in [0.2, 0.25) is 0 Å². The second kappa shape index (κ2) is 4.85. The van der Waals surface area contributed by atoms with Crippen LogP contribution in [0.4, 0.5) is 0 Å². The number of carbonyl (C=O) groups excluding carboxylic acids is 1. The number of thioether (sulfide) groups is 1. The van der Waals surface area contributed by atoms with E-state index >= 15 is 0 Å². The maximum absolute atomic E-state index is 11.4. The van der Waals surface area contributed by atoms with E-state index in [1.54, 1.807) is 0 Å². The van der Waals surface area contributed by atoms with Crippen LogP contribution in [0.1, 0.15) is 43.2 Å². The topological polar surface area (TPSA) is 17.1 Å². The molecule has 1 saturated carbocycles. The lowest BCUT2D eigenvalue weighted by Crippen LogP contribution is -2.16. The van der Waals surface area contributed by atoms with E-state index in [-0.39, 0.29) is 0 Å². The van der Waals surface area contributed by atoms with Crippen molar-refractivity contribution >= 4 is 17.5 Å². The van der Waals surface area contributed by atoms with Crippen molar-refractivity contribution in [1.82, 2.24) is 0 Å². The van der Waals surface area contributed by atoms with Crippen molar-refractivity contribution in [3.05, 3.63) is 29.3 Å². The molecule has 0 heterocycles.